The van der Waals surface area contributed by atoms with Gasteiger partial charge in [-0.15, -0.1) is 0 Å². The maximum Gasteiger partial charge on any atom is 0.409 e. The number of amides is 1. The second-order valence-electron chi connectivity index (χ2n) is 5.34. The number of carbonyl (C=O) groups excluding carboxylic acids is 1. The summed E-state index contributed by atoms with van der Waals surface area (Å²) in [7, 11) is 1.45. The van der Waals surface area contributed by atoms with E-state index in [1.165, 1.54) is 7.11 Å². The number of nitrogens with zero attached hydrogens (tertiary/aromatic N) is 2. The van der Waals surface area contributed by atoms with Crippen molar-refractivity contribution in [2.75, 3.05) is 26.7 Å². The quantitative estimate of drug-likeness (QED) is 0.687. The Labute approximate surface area is 98.5 Å². The van der Waals surface area contributed by atoms with Gasteiger partial charge in [-0.25, -0.2) is 4.79 Å². The second-order valence-corrected chi connectivity index (χ2v) is 5.34. The van der Waals surface area contributed by atoms with Crippen molar-refractivity contribution in [3.63, 3.8) is 0 Å². The lowest BCUT2D eigenvalue weighted by atomic mass is 10.0. The molecule has 0 spiro atoms. The molecule has 4 heteroatoms. The minimum absolute atomic E-state index is 0.176. The van der Waals surface area contributed by atoms with Crippen LogP contribution in [0.3, 0.4) is 0 Å². The first kappa shape index (κ1) is 13.3. The van der Waals surface area contributed by atoms with Crippen LogP contribution >= 0.6 is 0 Å². The van der Waals surface area contributed by atoms with E-state index in [0.29, 0.717) is 0 Å². The Balaban J connectivity index is 2.68. The summed E-state index contributed by atoms with van der Waals surface area (Å²) in [6.45, 7) is 11.4. The van der Waals surface area contributed by atoms with Crippen LogP contribution in [0.5, 0.6) is 0 Å². The van der Waals surface area contributed by atoms with E-state index in [1.807, 2.05) is 4.90 Å². The Kier molecular flexibility index (Phi) is 4.19. The summed E-state index contributed by atoms with van der Waals surface area (Å²) in [5.41, 5.74) is 0.176. The zero-order valence-corrected chi connectivity index (χ0v) is 11.1. The van der Waals surface area contributed by atoms with Crippen LogP contribution in [-0.2, 0) is 4.74 Å². The highest BCUT2D eigenvalue weighted by atomic mass is 16.5. The van der Waals surface area contributed by atoms with E-state index in [1.54, 1.807) is 0 Å². The molecule has 0 N–H and O–H groups in total. The average molecular weight is 228 g/mol. The van der Waals surface area contributed by atoms with E-state index in [-0.39, 0.29) is 17.7 Å². The molecule has 0 aromatic rings. The van der Waals surface area contributed by atoms with E-state index in [9.17, 15) is 4.79 Å². The Morgan fingerprint density at radius 3 is 2.44 bits per heavy atom. The van der Waals surface area contributed by atoms with Gasteiger partial charge in [-0.05, 0) is 27.2 Å². The zero-order chi connectivity index (χ0) is 12.3. The highest BCUT2D eigenvalue weighted by Crippen LogP contribution is 2.21. The molecule has 0 aliphatic carbocycles. The van der Waals surface area contributed by atoms with Crippen LogP contribution in [0.25, 0.3) is 0 Å². The molecule has 1 rings (SSSR count). The lowest BCUT2D eigenvalue weighted by Crippen LogP contribution is -2.59. The third-order valence-corrected chi connectivity index (χ3v) is 3.31. The summed E-state index contributed by atoms with van der Waals surface area (Å²) in [6.07, 6.45) is 0.780. The highest BCUT2D eigenvalue weighted by Gasteiger charge is 2.33. The minimum atomic E-state index is -0.194. The molecule has 1 amide bonds. The van der Waals surface area contributed by atoms with Crippen molar-refractivity contribution in [3.8, 4) is 0 Å². The van der Waals surface area contributed by atoms with Crippen LogP contribution in [0.15, 0.2) is 0 Å². The van der Waals surface area contributed by atoms with Crippen molar-refractivity contribution in [2.24, 2.45) is 0 Å². The van der Waals surface area contributed by atoms with Crippen LogP contribution in [-0.4, -0.2) is 54.2 Å². The van der Waals surface area contributed by atoms with Crippen LogP contribution < -0.4 is 0 Å². The topological polar surface area (TPSA) is 32.8 Å². The number of ether oxygens (including phenoxy) is 1. The summed E-state index contributed by atoms with van der Waals surface area (Å²) >= 11 is 0. The SMILES string of the molecule is CCC1CN(C(C)(C)C)CCN1C(=O)OC. The summed E-state index contributed by atoms with van der Waals surface area (Å²) in [6, 6.07) is 0.278. The molecule has 0 radical (unpaired) electrons. The highest BCUT2D eigenvalue weighted by molar-refractivity contribution is 5.68. The number of carbonyl (C=O) groups is 1. The van der Waals surface area contributed by atoms with Crippen molar-refractivity contribution in [1.29, 1.82) is 0 Å². The fourth-order valence-electron chi connectivity index (χ4n) is 2.17. The van der Waals surface area contributed by atoms with Crippen molar-refractivity contribution in [2.45, 2.75) is 45.7 Å². The standard InChI is InChI=1S/C12H24N2O2/c1-6-10-9-13(12(2,3)4)7-8-14(10)11(15)16-5/h10H,6-9H2,1-5H3. The normalized spacial score (nSPS) is 23.3. The van der Waals surface area contributed by atoms with Crippen molar-refractivity contribution in [3.05, 3.63) is 0 Å². The van der Waals surface area contributed by atoms with Gasteiger partial charge in [-0.3, -0.25) is 4.90 Å². The summed E-state index contributed by atoms with van der Waals surface area (Å²) in [5, 5.41) is 0. The second kappa shape index (κ2) is 5.04. The molecule has 0 bridgehead atoms. The number of hydrogen-bond donors (Lipinski definition) is 0. The van der Waals surface area contributed by atoms with Gasteiger partial charge in [0.25, 0.3) is 0 Å². The molecule has 1 aliphatic heterocycles. The van der Waals surface area contributed by atoms with Crippen LogP contribution in [0.2, 0.25) is 0 Å². The molecular weight excluding hydrogens is 204 g/mol. The van der Waals surface area contributed by atoms with Gasteiger partial charge < -0.3 is 9.64 Å². The molecule has 1 fully saturated rings. The fourth-order valence-corrected chi connectivity index (χ4v) is 2.17. The Morgan fingerprint density at radius 2 is 2.00 bits per heavy atom. The Bertz CT molecular complexity index is 248. The van der Waals surface area contributed by atoms with E-state index in [4.69, 9.17) is 4.74 Å². The summed E-state index contributed by atoms with van der Waals surface area (Å²) in [4.78, 5) is 15.9. The molecule has 1 saturated heterocycles. The number of rotatable bonds is 1. The van der Waals surface area contributed by atoms with E-state index in [0.717, 1.165) is 26.1 Å². The first-order valence-electron chi connectivity index (χ1n) is 5.99. The molecule has 4 nitrogen and oxygen atoms in total. The molecular formula is C12H24N2O2. The lowest BCUT2D eigenvalue weighted by molar-refractivity contribution is 0.0192. The van der Waals surface area contributed by atoms with Crippen LogP contribution in [0, 0.1) is 0 Å². The maximum absolute atomic E-state index is 11.6. The van der Waals surface area contributed by atoms with Gasteiger partial charge in [0.1, 0.15) is 0 Å². The molecule has 0 aromatic carbocycles. The van der Waals surface area contributed by atoms with Gasteiger partial charge in [-0.2, -0.15) is 0 Å². The van der Waals surface area contributed by atoms with E-state index >= 15 is 0 Å². The van der Waals surface area contributed by atoms with Crippen molar-refractivity contribution >= 4 is 6.09 Å². The van der Waals surface area contributed by atoms with Gasteiger partial charge in [0.05, 0.1) is 7.11 Å². The number of methoxy groups -OCH3 is 1. The number of hydrogen-bond acceptors (Lipinski definition) is 3. The van der Waals surface area contributed by atoms with Gasteiger partial charge in [0.15, 0.2) is 0 Å². The molecule has 94 valence electrons. The predicted octanol–water partition coefficient (Wildman–Crippen LogP) is 1.95. The zero-order valence-electron chi connectivity index (χ0n) is 11.1. The molecule has 0 aromatic heterocycles. The van der Waals surface area contributed by atoms with Gasteiger partial charge >= 0.3 is 6.09 Å². The third kappa shape index (κ3) is 2.88. The van der Waals surface area contributed by atoms with Crippen molar-refractivity contribution in [1.82, 2.24) is 9.80 Å². The predicted molar refractivity (Wildman–Crippen MR) is 64.5 cm³/mol. The first-order chi connectivity index (χ1) is 7.40. The Hall–Kier alpha value is -0.770. The molecule has 16 heavy (non-hydrogen) atoms. The van der Waals surface area contributed by atoms with Crippen LogP contribution in [0.1, 0.15) is 34.1 Å². The van der Waals surface area contributed by atoms with E-state index in [2.05, 4.69) is 32.6 Å². The first-order valence-corrected chi connectivity index (χ1v) is 5.99. The maximum atomic E-state index is 11.6. The lowest BCUT2D eigenvalue weighted by Gasteiger charge is -2.46. The third-order valence-electron chi connectivity index (χ3n) is 3.31. The van der Waals surface area contributed by atoms with Gasteiger partial charge in [0.2, 0.25) is 0 Å². The molecule has 0 saturated carbocycles. The summed E-state index contributed by atoms with van der Waals surface area (Å²) in [5.74, 6) is 0. The monoisotopic (exact) mass is 228 g/mol. The summed E-state index contributed by atoms with van der Waals surface area (Å²) < 4.78 is 4.81. The van der Waals surface area contributed by atoms with Crippen LogP contribution in [0.4, 0.5) is 4.79 Å². The molecule has 1 heterocycles. The van der Waals surface area contributed by atoms with E-state index < -0.39 is 0 Å². The van der Waals surface area contributed by atoms with Crippen molar-refractivity contribution < 1.29 is 9.53 Å². The minimum Gasteiger partial charge on any atom is -0.453 e. The van der Waals surface area contributed by atoms with Gasteiger partial charge in [-0.1, -0.05) is 6.92 Å². The molecule has 1 atom stereocenters. The van der Waals surface area contributed by atoms with Gasteiger partial charge in [0, 0.05) is 31.2 Å². The largest absolute Gasteiger partial charge is 0.453 e. The molecule has 1 aliphatic rings. The fraction of sp³-hybridized carbons (Fsp3) is 0.917. The number of piperazine rings is 1. The Morgan fingerprint density at radius 1 is 1.38 bits per heavy atom. The smallest absolute Gasteiger partial charge is 0.409 e. The average Bonchev–Trinajstić information content (AvgIpc) is 2.26. The molecule has 1 unspecified atom stereocenters.